The first-order chi connectivity index (χ1) is 22.3. The van der Waals surface area contributed by atoms with Crippen LogP contribution < -0.4 is 0 Å². The molecule has 0 aliphatic carbocycles. The number of aromatic nitrogens is 1. The molecule has 0 aliphatic heterocycles. The summed E-state index contributed by atoms with van der Waals surface area (Å²) in [6, 6.07) is 62.4. The Morgan fingerprint density at radius 1 is 0.356 bits per heavy atom. The van der Waals surface area contributed by atoms with Gasteiger partial charge in [-0.3, -0.25) is 0 Å². The summed E-state index contributed by atoms with van der Waals surface area (Å²) in [4.78, 5) is 0. The average molecular weight is 573 g/mol. The molecule has 1 aromatic heterocycles. The van der Waals surface area contributed by atoms with Crippen LogP contribution in [0.1, 0.15) is 5.56 Å². The van der Waals surface area contributed by atoms with Crippen molar-refractivity contribution in [3.05, 3.63) is 175 Å². The first kappa shape index (κ1) is 26.5. The van der Waals surface area contributed by atoms with Crippen molar-refractivity contribution in [1.82, 2.24) is 4.57 Å². The quantitative estimate of drug-likeness (QED) is 0.207. The minimum Gasteiger partial charge on any atom is -0.309 e. The molecule has 2 heteroatoms. The highest BCUT2D eigenvalue weighted by Gasteiger charge is 2.13. The van der Waals surface area contributed by atoms with E-state index in [0.29, 0.717) is 5.56 Å². The first-order valence-electron chi connectivity index (χ1n) is 15.2. The van der Waals surface area contributed by atoms with Crippen LogP contribution in [0.3, 0.4) is 0 Å². The number of rotatable bonds is 3. The molecule has 0 saturated heterocycles. The van der Waals surface area contributed by atoms with E-state index in [0.717, 1.165) is 38.6 Å². The van der Waals surface area contributed by atoms with Crippen LogP contribution in [-0.2, 0) is 0 Å². The van der Waals surface area contributed by atoms with Crippen molar-refractivity contribution < 1.29 is 0 Å². The first-order valence-corrected chi connectivity index (χ1v) is 15.2. The highest BCUT2D eigenvalue weighted by molar-refractivity contribution is 6.20. The Hall–Kier alpha value is -6.17. The van der Waals surface area contributed by atoms with Crippen LogP contribution in [0.5, 0.6) is 0 Å². The minimum absolute atomic E-state index is 0.637. The number of fused-ring (bicyclic) bond motifs is 7. The van der Waals surface area contributed by atoms with Crippen LogP contribution in [0.15, 0.2) is 170 Å². The molecule has 0 fully saturated rings. The lowest BCUT2D eigenvalue weighted by molar-refractivity contribution is 1.17. The van der Waals surface area contributed by atoms with Crippen LogP contribution in [0, 0.1) is 11.3 Å². The summed E-state index contributed by atoms with van der Waals surface area (Å²) in [5.41, 5.74) is 8.46. The van der Waals surface area contributed by atoms with Crippen molar-refractivity contribution in [3.8, 4) is 34.0 Å². The zero-order chi connectivity index (χ0) is 30.2. The van der Waals surface area contributed by atoms with Crippen molar-refractivity contribution in [1.29, 1.82) is 5.26 Å². The maximum atomic E-state index is 9.61. The van der Waals surface area contributed by atoms with Gasteiger partial charge in [-0.1, -0.05) is 121 Å². The molecule has 0 amide bonds. The summed E-state index contributed by atoms with van der Waals surface area (Å²) in [6.45, 7) is 0. The third kappa shape index (κ3) is 4.68. The highest BCUT2D eigenvalue weighted by Crippen LogP contribution is 2.37. The molecule has 1 heterocycles. The molecule has 8 aromatic rings. The number of nitriles is 1. The van der Waals surface area contributed by atoms with Gasteiger partial charge in [-0.2, -0.15) is 5.26 Å². The zero-order valence-corrected chi connectivity index (χ0v) is 24.6. The fraction of sp³-hybridized carbons (Fsp3) is 0. The molecule has 0 saturated carbocycles. The van der Waals surface area contributed by atoms with Gasteiger partial charge < -0.3 is 4.57 Å². The van der Waals surface area contributed by atoms with Gasteiger partial charge in [0.15, 0.2) is 0 Å². The molecule has 0 aliphatic rings. The average Bonchev–Trinajstić information content (AvgIpc) is 3.16. The van der Waals surface area contributed by atoms with E-state index in [-0.39, 0.29) is 0 Å². The van der Waals surface area contributed by atoms with Crippen LogP contribution in [0.4, 0.5) is 0 Å². The molecular formula is C43H28N2. The SMILES string of the molecule is N#Cc1ccc(-n2c3ccc(-c4ccccc4)cc3c3ccccc3c3ccccc3c3cc(-c4ccccc4)ccc32)cc1. The van der Waals surface area contributed by atoms with Gasteiger partial charge in [0.2, 0.25) is 0 Å². The summed E-state index contributed by atoms with van der Waals surface area (Å²) in [5.74, 6) is 0. The molecule has 0 unspecified atom stereocenters. The smallest absolute Gasteiger partial charge is 0.0991 e. The standard InChI is InChI=1S/C43H28N2/c44-29-30-19-23-35(24-20-30)45-42-25-21-33(31-11-3-1-4-12-31)27-40(42)38-17-9-7-15-36(38)37-16-8-10-18-39(37)41-28-34(22-26-43(41)45)32-13-5-2-6-14-32/h1-28H. The van der Waals surface area contributed by atoms with Gasteiger partial charge in [0.25, 0.3) is 0 Å². The molecule has 8 rings (SSSR count). The second-order valence-electron chi connectivity index (χ2n) is 11.3. The van der Waals surface area contributed by atoms with Gasteiger partial charge in [-0.05, 0) is 92.3 Å². The van der Waals surface area contributed by atoms with Crippen molar-refractivity contribution >= 4 is 43.4 Å². The maximum Gasteiger partial charge on any atom is 0.0991 e. The predicted molar refractivity (Wildman–Crippen MR) is 189 cm³/mol. The zero-order valence-electron chi connectivity index (χ0n) is 24.6. The van der Waals surface area contributed by atoms with Crippen molar-refractivity contribution in [3.63, 3.8) is 0 Å². The molecule has 210 valence electrons. The van der Waals surface area contributed by atoms with Crippen molar-refractivity contribution in [2.75, 3.05) is 0 Å². The second-order valence-corrected chi connectivity index (χ2v) is 11.3. The Morgan fingerprint density at radius 3 is 1.18 bits per heavy atom. The second kappa shape index (κ2) is 11.2. The number of hydrogen-bond donors (Lipinski definition) is 0. The molecule has 0 atom stereocenters. The van der Waals surface area contributed by atoms with Crippen LogP contribution in [0.2, 0.25) is 0 Å². The largest absolute Gasteiger partial charge is 0.309 e. The molecule has 7 aromatic carbocycles. The number of nitrogens with zero attached hydrogens (tertiary/aromatic N) is 2. The molecule has 45 heavy (non-hydrogen) atoms. The van der Waals surface area contributed by atoms with Crippen molar-refractivity contribution in [2.24, 2.45) is 0 Å². The number of benzene rings is 7. The lowest BCUT2D eigenvalue weighted by Gasteiger charge is -2.15. The third-order valence-electron chi connectivity index (χ3n) is 8.67. The number of hydrogen-bond acceptors (Lipinski definition) is 1. The fourth-order valence-electron chi connectivity index (χ4n) is 6.51. The molecule has 0 bridgehead atoms. The Balaban J connectivity index is 1.65. The van der Waals surface area contributed by atoms with Crippen LogP contribution in [0.25, 0.3) is 71.3 Å². The summed E-state index contributed by atoms with van der Waals surface area (Å²) in [5, 5.41) is 16.6. The highest BCUT2D eigenvalue weighted by atomic mass is 15.0. The minimum atomic E-state index is 0.637. The third-order valence-corrected chi connectivity index (χ3v) is 8.67. The lowest BCUT2D eigenvalue weighted by Crippen LogP contribution is -1.98. The van der Waals surface area contributed by atoms with Crippen LogP contribution >= 0.6 is 0 Å². The van der Waals surface area contributed by atoms with Gasteiger partial charge in [-0.15, -0.1) is 0 Å². The molecule has 0 radical (unpaired) electrons. The molecular weight excluding hydrogens is 544 g/mol. The van der Waals surface area contributed by atoms with Crippen molar-refractivity contribution in [2.45, 2.75) is 0 Å². The predicted octanol–water partition coefficient (Wildman–Crippen LogP) is 11.4. The van der Waals surface area contributed by atoms with E-state index in [1.807, 2.05) is 12.1 Å². The maximum absolute atomic E-state index is 9.61. The molecule has 0 N–H and O–H groups in total. The monoisotopic (exact) mass is 572 g/mol. The van der Waals surface area contributed by atoms with E-state index in [1.165, 1.54) is 32.7 Å². The van der Waals surface area contributed by atoms with E-state index in [1.54, 1.807) is 0 Å². The van der Waals surface area contributed by atoms with E-state index in [2.05, 4.69) is 168 Å². The summed E-state index contributed by atoms with van der Waals surface area (Å²) in [7, 11) is 0. The van der Waals surface area contributed by atoms with E-state index in [4.69, 9.17) is 0 Å². The van der Waals surface area contributed by atoms with Gasteiger partial charge in [0, 0.05) is 16.5 Å². The molecule has 2 nitrogen and oxygen atoms in total. The Kier molecular flexibility index (Phi) is 6.56. The van der Waals surface area contributed by atoms with Gasteiger partial charge in [0.1, 0.15) is 0 Å². The van der Waals surface area contributed by atoms with E-state index < -0.39 is 0 Å². The van der Waals surface area contributed by atoms with Crippen LogP contribution in [-0.4, -0.2) is 4.57 Å². The Morgan fingerprint density at radius 2 is 0.756 bits per heavy atom. The summed E-state index contributed by atoms with van der Waals surface area (Å²) in [6.07, 6.45) is 0. The summed E-state index contributed by atoms with van der Waals surface area (Å²) < 4.78 is 2.36. The fourth-order valence-corrected chi connectivity index (χ4v) is 6.51. The lowest BCUT2D eigenvalue weighted by atomic mass is 9.98. The molecule has 0 spiro atoms. The summed E-state index contributed by atoms with van der Waals surface area (Å²) >= 11 is 0. The topological polar surface area (TPSA) is 28.7 Å². The van der Waals surface area contributed by atoms with Gasteiger partial charge >= 0.3 is 0 Å². The van der Waals surface area contributed by atoms with Gasteiger partial charge in [-0.25, -0.2) is 0 Å². The van der Waals surface area contributed by atoms with E-state index >= 15 is 0 Å². The Bertz CT molecular complexity index is 2320. The normalized spacial score (nSPS) is 11.1. The van der Waals surface area contributed by atoms with E-state index in [9.17, 15) is 5.26 Å². The Labute approximate surface area is 262 Å². The van der Waals surface area contributed by atoms with Gasteiger partial charge in [0.05, 0.1) is 22.7 Å².